The molecule has 1 N–H and O–H groups in total. The van der Waals surface area contributed by atoms with Crippen molar-refractivity contribution in [2.24, 2.45) is 16.2 Å². The van der Waals surface area contributed by atoms with Gasteiger partial charge in [0.15, 0.2) is 0 Å². The van der Waals surface area contributed by atoms with Crippen molar-refractivity contribution in [2.75, 3.05) is 5.75 Å². The largest absolute Gasteiger partial charge is 0.332 e. The maximum absolute atomic E-state index is 11.8. The summed E-state index contributed by atoms with van der Waals surface area (Å²) >= 11 is 1.92. The number of hydrogen-bond acceptors (Lipinski definition) is 8. The van der Waals surface area contributed by atoms with Gasteiger partial charge in [0.25, 0.3) is 0 Å². The quantitative estimate of drug-likeness (QED) is 0.0496. The first-order chi connectivity index (χ1) is 21.9. The summed E-state index contributed by atoms with van der Waals surface area (Å²) in [5.74, 6) is 0.972. The number of aromatic nitrogens is 3. The molecule has 5 rings (SSSR count). The van der Waals surface area contributed by atoms with E-state index in [0.717, 1.165) is 70.8 Å². The van der Waals surface area contributed by atoms with Gasteiger partial charge in [0.1, 0.15) is 5.71 Å². The van der Waals surface area contributed by atoms with Gasteiger partial charge in [-0.1, -0.05) is 61.5 Å². The molecule has 0 unspecified atom stereocenters. The minimum absolute atomic E-state index is 0.434. The number of carbonyl (C=O) groups is 2. The lowest BCUT2D eigenvalue weighted by molar-refractivity contribution is -0.141. The number of H-pyrrole nitrogens is 1. The molecule has 0 amide bonds. The average molecular weight is 628 g/mol. The Morgan fingerprint density at radius 2 is 1.73 bits per heavy atom. The van der Waals surface area contributed by atoms with Crippen LogP contribution in [0.1, 0.15) is 95.4 Å². The van der Waals surface area contributed by atoms with Crippen molar-refractivity contribution in [1.29, 1.82) is 0 Å². The summed E-state index contributed by atoms with van der Waals surface area (Å²) in [6, 6.07) is 16.3. The highest BCUT2D eigenvalue weighted by molar-refractivity contribution is 7.99. The Morgan fingerprint density at radius 1 is 0.978 bits per heavy atom. The number of nitrogens with one attached hydrogen (secondary N) is 1. The van der Waals surface area contributed by atoms with Crippen LogP contribution in [0.3, 0.4) is 0 Å². The molecule has 236 valence electrons. The van der Waals surface area contributed by atoms with Crippen LogP contribution in [0, 0.1) is 5.92 Å². The van der Waals surface area contributed by atoms with E-state index in [-0.39, 0.29) is 0 Å². The van der Waals surface area contributed by atoms with Crippen molar-refractivity contribution in [2.45, 2.75) is 83.5 Å². The normalized spacial score (nSPS) is 14.3. The molecule has 9 nitrogen and oxygen atoms in total. The van der Waals surface area contributed by atoms with Gasteiger partial charge in [0, 0.05) is 59.1 Å². The molecule has 0 radical (unpaired) electrons. The Kier molecular flexibility index (Phi) is 11.2. The lowest BCUT2D eigenvalue weighted by atomic mass is 10.0. The van der Waals surface area contributed by atoms with Gasteiger partial charge in [-0.3, -0.25) is 5.10 Å². The second kappa shape index (κ2) is 15.7. The van der Waals surface area contributed by atoms with Crippen LogP contribution in [-0.2, 0) is 19.3 Å². The molecule has 4 aromatic rings. The van der Waals surface area contributed by atoms with E-state index in [9.17, 15) is 9.59 Å². The van der Waals surface area contributed by atoms with Gasteiger partial charge in [-0.15, -0.1) is 11.8 Å². The Labute approximate surface area is 268 Å². The summed E-state index contributed by atoms with van der Waals surface area (Å²) in [5, 5.41) is 16.4. The molecule has 1 aliphatic rings. The lowest BCUT2D eigenvalue weighted by Gasteiger charge is -2.10. The first-order valence-corrected chi connectivity index (χ1v) is 16.8. The molecule has 2 aromatic carbocycles. The first-order valence-electron chi connectivity index (χ1n) is 15.8. The van der Waals surface area contributed by atoms with Crippen molar-refractivity contribution in [1.82, 2.24) is 14.8 Å². The maximum atomic E-state index is 11.8. The van der Waals surface area contributed by atoms with E-state index >= 15 is 0 Å². The molecular weight excluding hydrogens is 586 g/mol. The molecular formula is C35H41N5O4S. The molecule has 0 aliphatic heterocycles. The molecule has 0 saturated heterocycles. The van der Waals surface area contributed by atoms with E-state index in [1.165, 1.54) is 44.4 Å². The zero-order chi connectivity index (χ0) is 31.6. The number of unbranched alkanes of at least 4 members (excludes halogenated alkanes) is 3. The van der Waals surface area contributed by atoms with Gasteiger partial charge in [0.2, 0.25) is 0 Å². The van der Waals surface area contributed by atoms with Crippen molar-refractivity contribution >= 4 is 46.0 Å². The summed E-state index contributed by atoms with van der Waals surface area (Å²) < 4.78 is 2.15. The van der Waals surface area contributed by atoms with Crippen LogP contribution in [0.15, 0.2) is 76.1 Å². The third-order valence-corrected chi connectivity index (χ3v) is 9.26. The van der Waals surface area contributed by atoms with Crippen molar-refractivity contribution in [3.8, 4) is 5.69 Å². The Bertz CT molecular complexity index is 1650. The molecule has 2 heterocycles. The van der Waals surface area contributed by atoms with Gasteiger partial charge in [-0.2, -0.15) is 5.10 Å². The molecule has 1 fully saturated rings. The zero-order valence-electron chi connectivity index (χ0n) is 26.3. The van der Waals surface area contributed by atoms with Crippen LogP contribution in [0.2, 0.25) is 0 Å². The highest BCUT2D eigenvalue weighted by atomic mass is 32.2. The van der Waals surface area contributed by atoms with Crippen LogP contribution in [-0.4, -0.2) is 43.9 Å². The van der Waals surface area contributed by atoms with E-state index in [1.54, 1.807) is 12.3 Å². The lowest BCUT2D eigenvalue weighted by Crippen LogP contribution is -2.07. The topological polar surface area (TPSA) is 111 Å². The number of aromatic amines is 1. The molecule has 2 aromatic heterocycles. The minimum atomic E-state index is -0.503. The second-order valence-electron chi connectivity index (χ2n) is 11.5. The summed E-state index contributed by atoms with van der Waals surface area (Å²) in [6.45, 7) is 4.88. The number of hydrogen-bond donors (Lipinski definition) is 1. The molecule has 10 heteroatoms. The van der Waals surface area contributed by atoms with Crippen LogP contribution in [0.4, 0.5) is 0 Å². The molecule has 45 heavy (non-hydrogen) atoms. The number of rotatable bonds is 14. The van der Waals surface area contributed by atoms with E-state index in [0.29, 0.717) is 17.8 Å². The van der Waals surface area contributed by atoms with E-state index in [4.69, 9.17) is 9.68 Å². The number of carbonyl (C=O) groups excluding carboxylic acids is 2. The predicted molar refractivity (Wildman–Crippen MR) is 179 cm³/mol. The summed E-state index contributed by atoms with van der Waals surface area (Å²) in [7, 11) is 0. The molecule has 1 saturated carbocycles. The molecule has 1 aliphatic carbocycles. The van der Waals surface area contributed by atoms with E-state index in [1.807, 2.05) is 36.0 Å². The van der Waals surface area contributed by atoms with Gasteiger partial charge in [0.05, 0.1) is 16.9 Å². The highest BCUT2D eigenvalue weighted by Gasteiger charge is 2.19. The van der Waals surface area contributed by atoms with Crippen molar-refractivity contribution in [3.63, 3.8) is 0 Å². The Hall–Kier alpha value is -4.18. The van der Waals surface area contributed by atoms with Gasteiger partial charge in [-0.05, 0) is 68.0 Å². The monoisotopic (exact) mass is 627 g/mol. The average Bonchev–Trinajstić information content (AvgIpc) is 3.82. The van der Waals surface area contributed by atoms with Crippen LogP contribution in [0.5, 0.6) is 0 Å². The van der Waals surface area contributed by atoms with E-state index < -0.39 is 11.9 Å². The predicted octanol–water partition coefficient (Wildman–Crippen LogP) is 8.19. The third kappa shape index (κ3) is 8.51. The van der Waals surface area contributed by atoms with Crippen LogP contribution < -0.4 is 0 Å². The number of nitrogens with zero attached hydrogens (tertiary/aromatic N) is 4. The number of thioether (sulfide) groups is 1. The fourth-order valence-corrected chi connectivity index (χ4v) is 6.86. The first kappa shape index (κ1) is 32.2. The highest BCUT2D eigenvalue weighted by Crippen LogP contribution is 2.35. The van der Waals surface area contributed by atoms with E-state index in [2.05, 4.69) is 56.4 Å². The maximum Gasteiger partial charge on any atom is 0.332 e. The third-order valence-electron chi connectivity index (χ3n) is 8.04. The Morgan fingerprint density at radius 3 is 2.42 bits per heavy atom. The van der Waals surface area contributed by atoms with Crippen molar-refractivity contribution in [3.05, 3.63) is 77.7 Å². The van der Waals surface area contributed by atoms with Crippen LogP contribution in [0.25, 0.3) is 16.6 Å². The smallest absolute Gasteiger partial charge is 0.318 e. The minimum Gasteiger partial charge on any atom is -0.318 e. The number of oxime groups is 2. The Balaban J connectivity index is 1.53. The summed E-state index contributed by atoms with van der Waals surface area (Å²) in [6.07, 6.45) is 14.1. The second-order valence-corrected chi connectivity index (χ2v) is 12.6. The summed E-state index contributed by atoms with van der Waals surface area (Å²) in [5.41, 5.74) is 5.58. The molecule has 0 atom stereocenters. The summed E-state index contributed by atoms with van der Waals surface area (Å²) in [4.78, 5) is 34.7. The fourth-order valence-electron chi connectivity index (χ4n) is 5.74. The zero-order valence-corrected chi connectivity index (χ0v) is 27.1. The fraction of sp³-hybridized carbons (Fsp3) is 0.400. The van der Waals surface area contributed by atoms with Gasteiger partial charge >= 0.3 is 11.9 Å². The van der Waals surface area contributed by atoms with Gasteiger partial charge in [-0.25, -0.2) is 9.59 Å². The SMILES string of the molecule is CCCCCC/C(=N\OC(C)=O)c1cn(-c2ccc(/C(=N/OC(C)=O)c3ccn[nH]3)cc2)c2ccc(SCC3CCCC3)cc12. The standard InChI is InChI=1S/C35H41N5O4S/c1-4-5-6-7-12-32(38-43-24(2)41)31-22-40(34-18-17-29(21-30(31)34)45-23-26-10-8-9-11-26)28-15-13-27(14-16-28)35(39-44-25(3)42)33-19-20-36-37-33/h13-22,26H,4-12,23H2,1-3H3,(H,36,37)/b38-32+,39-35-. The molecule has 0 bridgehead atoms. The van der Waals surface area contributed by atoms with Gasteiger partial charge < -0.3 is 14.2 Å². The molecule has 0 spiro atoms. The van der Waals surface area contributed by atoms with Crippen LogP contribution >= 0.6 is 11.8 Å². The number of fused-ring (bicyclic) bond motifs is 1. The van der Waals surface area contributed by atoms with Crippen molar-refractivity contribution < 1.29 is 19.3 Å². The number of benzene rings is 2.